The Morgan fingerprint density at radius 2 is 2.00 bits per heavy atom. The number of thioether (sulfide) groups is 1. The van der Waals surface area contributed by atoms with Gasteiger partial charge in [-0.15, -0.1) is 11.8 Å². The smallest absolute Gasteiger partial charge is 0.0463 e. The van der Waals surface area contributed by atoms with Crippen LogP contribution in [0.3, 0.4) is 0 Å². The van der Waals surface area contributed by atoms with Crippen molar-refractivity contribution in [1.29, 1.82) is 0 Å². The molecule has 1 aromatic rings. The van der Waals surface area contributed by atoms with Gasteiger partial charge in [-0.05, 0) is 44.2 Å². The highest BCUT2D eigenvalue weighted by Gasteiger charge is 1.95. The molecule has 0 heterocycles. The highest BCUT2D eigenvalue weighted by atomic mass is 32.2. The molecule has 0 bridgehead atoms. The van der Waals surface area contributed by atoms with E-state index in [-0.39, 0.29) is 0 Å². The van der Waals surface area contributed by atoms with Crippen LogP contribution >= 0.6 is 11.8 Å². The van der Waals surface area contributed by atoms with Crippen molar-refractivity contribution in [3.63, 3.8) is 0 Å². The largest absolute Gasteiger partial charge is 0.311 e. The first kappa shape index (κ1) is 9.62. The Balaban J connectivity index is 2.69. The van der Waals surface area contributed by atoms with E-state index in [9.17, 15) is 0 Å². The zero-order valence-electron chi connectivity index (χ0n) is 7.85. The van der Waals surface area contributed by atoms with Crippen LogP contribution < -0.4 is 5.32 Å². The van der Waals surface area contributed by atoms with Gasteiger partial charge in [-0.25, -0.2) is 0 Å². The van der Waals surface area contributed by atoms with Crippen molar-refractivity contribution in [1.82, 2.24) is 5.32 Å². The molecule has 0 spiro atoms. The van der Waals surface area contributed by atoms with Crippen molar-refractivity contribution in [3.05, 3.63) is 29.3 Å². The molecular weight excluding hydrogens is 166 g/mol. The summed E-state index contributed by atoms with van der Waals surface area (Å²) in [5.74, 6) is 0.975. The summed E-state index contributed by atoms with van der Waals surface area (Å²) in [7, 11) is 1.97. The third-order valence-corrected chi connectivity index (χ3v) is 2.88. The summed E-state index contributed by atoms with van der Waals surface area (Å²) in [6, 6.07) is 6.58. The Kier molecular flexibility index (Phi) is 3.63. The average molecular weight is 181 g/mol. The maximum atomic E-state index is 3.11. The first-order valence-electron chi connectivity index (χ1n) is 4.08. The zero-order chi connectivity index (χ0) is 8.97. The van der Waals surface area contributed by atoms with Gasteiger partial charge in [-0.3, -0.25) is 0 Å². The Morgan fingerprint density at radius 1 is 1.25 bits per heavy atom. The van der Waals surface area contributed by atoms with Crippen LogP contribution in [-0.2, 0) is 0 Å². The van der Waals surface area contributed by atoms with E-state index in [0.717, 1.165) is 5.88 Å². The van der Waals surface area contributed by atoms with Gasteiger partial charge in [0.15, 0.2) is 0 Å². The monoisotopic (exact) mass is 181 g/mol. The zero-order valence-corrected chi connectivity index (χ0v) is 8.66. The van der Waals surface area contributed by atoms with Crippen molar-refractivity contribution < 1.29 is 0 Å². The molecule has 12 heavy (non-hydrogen) atoms. The van der Waals surface area contributed by atoms with Gasteiger partial charge in [0.25, 0.3) is 0 Å². The molecule has 0 aliphatic heterocycles. The lowest BCUT2D eigenvalue weighted by molar-refractivity contribution is 0.981. The standard InChI is InChI=1S/C10H15NS/c1-8-4-5-10(6-9(8)2)12-7-11-3/h4-6,11H,7H2,1-3H3. The molecule has 1 N–H and O–H groups in total. The SMILES string of the molecule is CNCSc1ccc(C)c(C)c1. The van der Waals surface area contributed by atoms with E-state index in [1.165, 1.54) is 16.0 Å². The van der Waals surface area contributed by atoms with Crippen LogP contribution in [0.4, 0.5) is 0 Å². The molecule has 2 heteroatoms. The molecule has 0 amide bonds. The van der Waals surface area contributed by atoms with Crippen LogP contribution in [0.15, 0.2) is 23.1 Å². The second kappa shape index (κ2) is 4.53. The molecule has 66 valence electrons. The van der Waals surface area contributed by atoms with Crippen molar-refractivity contribution >= 4 is 11.8 Å². The molecule has 0 saturated heterocycles. The Morgan fingerprint density at radius 3 is 2.58 bits per heavy atom. The summed E-state index contributed by atoms with van der Waals surface area (Å²) in [5.41, 5.74) is 2.74. The van der Waals surface area contributed by atoms with Gasteiger partial charge < -0.3 is 5.32 Å². The van der Waals surface area contributed by atoms with Crippen molar-refractivity contribution in [2.24, 2.45) is 0 Å². The van der Waals surface area contributed by atoms with Gasteiger partial charge in [0.05, 0.1) is 0 Å². The lowest BCUT2D eigenvalue weighted by atomic mass is 10.1. The molecule has 1 nitrogen and oxygen atoms in total. The molecule has 0 aliphatic carbocycles. The highest BCUT2D eigenvalue weighted by molar-refractivity contribution is 7.99. The van der Waals surface area contributed by atoms with Crippen molar-refractivity contribution in [2.45, 2.75) is 18.7 Å². The maximum Gasteiger partial charge on any atom is 0.0463 e. The maximum absolute atomic E-state index is 3.11. The molecule has 0 fully saturated rings. The first-order valence-corrected chi connectivity index (χ1v) is 5.07. The minimum atomic E-state index is 0.975. The highest BCUT2D eigenvalue weighted by Crippen LogP contribution is 2.19. The van der Waals surface area contributed by atoms with Gasteiger partial charge in [0.1, 0.15) is 0 Å². The summed E-state index contributed by atoms with van der Waals surface area (Å²) < 4.78 is 0. The van der Waals surface area contributed by atoms with Crippen LogP contribution in [0.25, 0.3) is 0 Å². The number of nitrogens with one attached hydrogen (secondary N) is 1. The van der Waals surface area contributed by atoms with Crippen LogP contribution in [0.1, 0.15) is 11.1 Å². The van der Waals surface area contributed by atoms with Gasteiger partial charge in [-0.1, -0.05) is 6.07 Å². The van der Waals surface area contributed by atoms with Gasteiger partial charge in [0.2, 0.25) is 0 Å². The van der Waals surface area contributed by atoms with E-state index in [1.807, 2.05) is 18.8 Å². The fourth-order valence-corrected chi connectivity index (χ4v) is 1.69. The molecular formula is C10H15NS. The molecule has 0 radical (unpaired) electrons. The Hall–Kier alpha value is -0.470. The lowest BCUT2D eigenvalue weighted by Gasteiger charge is -2.03. The summed E-state index contributed by atoms with van der Waals surface area (Å²) in [5, 5.41) is 3.11. The normalized spacial score (nSPS) is 10.2. The number of hydrogen-bond acceptors (Lipinski definition) is 2. The summed E-state index contributed by atoms with van der Waals surface area (Å²) in [6.07, 6.45) is 0. The number of benzene rings is 1. The number of aryl methyl sites for hydroxylation is 2. The van der Waals surface area contributed by atoms with E-state index >= 15 is 0 Å². The predicted octanol–water partition coefficient (Wildman–Crippen LogP) is 2.57. The van der Waals surface area contributed by atoms with Crippen molar-refractivity contribution in [3.8, 4) is 0 Å². The first-order chi connectivity index (χ1) is 5.74. The lowest BCUT2D eigenvalue weighted by Crippen LogP contribution is -2.02. The quantitative estimate of drug-likeness (QED) is 0.568. The molecule has 1 rings (SSSR count). The number of rotatable bonds is 3. The molecule has 0 unspecified atom stereocenters. The molecule has 0 aromatic heterocycles. The Bertz CT molecular complexity index is 258. The summed E-state index contributed by atoms with van der Waals surface area (Å²) >= 11 is 1.83. The summed E-state index contributed by atoms with van der Waals surface area (Å²) in [4.78, 5) is 1.34. The molecule has 0 aliphatic rings. The second-order valence-electron chi connectivity index (χ2n) is 2.89. The van der Waals surface area contributed by atoms with Gasteiger partial charge in [-0.2, -0.15) is 0 Å². The number of hydrogen-bond donors (Lipinski definition) is 1. The third kappa shape index (κ3) is 2.54. The third-order valence-electron chi connectivity index (χ3n) is 1.86. The van der Waals surface area contributed by atoms with E-state index in [4.69, 9.17) is 0 Å². The van der Waals surface area contributed by atoms with Crippen LogP contribution in [-0.4, -0.2) is 12.9 Å². The fourth-order valence-electron chi connectivity index (χ4n) is 0.959. The fraction of sp³-hybridized carbons (Fsp3) is 0.400. The van der Waals surface area contributed by atoms with E-state index in [0.29, 0.717) is 0 Å². The van der Waals surface area contributed by atoms with E-state index in [2.05, 4.69) is 37.4 Å². The minimum absolute atomic E-state index is 0.975. The average Bonchev–Trinajstić information content (AvgIpc) is 2.07. The molecule has 0 atom stereocenters. The second-order valence-corrected chi connectivity index (χ2v) is 3.94. The van der Waals surface area contributed by atoms with Crippen LogP contribution in [0.5, 0.6) is 0 Å². The van der Waals surface area contributed by atoms with E-state index < -0.39 is 0 Å². The minimum Gasteiger partial charge on any atom is -0.311 e. The van der Waals surface area contributed by atoms with Crippen LogP contribution in [0.2, 0.25) is 0 Å². The van der Waals surface area contributed by atoms with Gasteiger partial charge in [0, 0.05) is 10.8 Å². The molecule has 1 aromatic carbocycles. The van der Waals surface area contributed by atoms with Crippen LogP contribution in [0, 0.1) is 13.8 Å². The Labute approximate surface area is 78.6 Å². The predicted molar refractivity (Wildman–Crippen MR) is 55.7 cm³/mol. The summed E-state index contributed by atoms with van der Waals surface area (Å²) in [6.45, 7) is 4.29. The van der Waals surface area contributed by atoms with Crippen molar-refractivity contribution in [2.75, 3.05) is 12.9 Å². The molecule has 0 saturated carbocycles. The van der Waals surface area contributed by atoms with E-state index in [1.54, 1.807) is 0 Å². The topological polar surface area (TPSA) is 12.0 Å². The van der Waals surface area contributed by atoms with Gasteiger partial charge >= 0.3 is 0 Å².